The number of hydrogen-bond donors (Lipinski definition) is 1. The van der Waals surface area contributed by atoms with Crippen LogP contribution in [-0.2, 0) is 13.0 Å². The number of anilines is 1. The monoisotopic (exact) mass is 518 g/mol. The maximum atomic E-state index is 6.42. The summed E-state index contributed by atoms with van der Waals surface area (Å²) in [5.41, 5.74) is 10.1. The van der Waals surface area contributed by atoms with Crippen LogP contribution in [0.5, 0.6) is 0 Å². The average Bonchev–Trinajstić information content (AvgIpc) is 2.98. The molecule has 2 N–H and O–H groups in total. The van der Waals surface area contributed by atoms with Crippen molar-refractivity contribution in [2.45, 2.75) is 57.2 Å². The van der Waals surface area contributed by atoms with Crippen LogP contribution in [0.1, 0.15) is 37.7 Å². The van der Waals surface area contributed by atoms with E-state index in [1.807, 2.05) is 0 Å². The summed E-state index contributed by atoms with van der Waals surface area (Å²) in [6, 6.07) is 0.615. The fraction of sp³-hybridized carbons (Fsp3) is 0.588. The summed E-state index contributed by atoms with van der Waals surface area (Å²) in [7, 11) is 2.16. The van der Waals surface area contributed by atoms with Crippen LogP contribution in [0.4, 0.5) is 5.95 Å². The van der Waals surface area contributed by atoms with E-state index < -0.39 is 0 Å². The number of rotatable bonds is 2. The van der Waals surface area contributed by atoms with Crippen molar-refractivity contribution in [3.63, 3.8) is 0 Å². The number of hydrogen-bond acceptors (Lipinski definition) is 3. The minimum absolute atomic E-state index is 0.237. The van der Waals surface area contributed by atoms with Crippen LogP contribution in [0.2, 0.25) is 0 Å². The first-order chi connectivity index (χ1) is 11.5. The van der Waals surface area contributed by atoms with Gasteiger partial charge >= 0.3 is 0 Å². The third kappa shape index (κ3) is 2.58. The summed E-state index contributed by atoms with van der Waals surface area (Å²) in [6.07, 6.45) is 7.00. The maximum absolute atomic E-state index is 6.42. The molecule has 2 aliphatic rings. The van der Waals surface area contributed by atoms with E-state index in [0.29, 0.717) is 6.04 Å². The van der Waals surface area contributed by atoms with Crippen LogP contribution in [0, 0.1) is 0 Å². The molecule has 0 saturated heterocycles. The largest absolute Gasteiger partial charge is 0.341 e. The Hall–Kier alpha value is -0.110. The molecule has 1 saturated carbocycles. The number of aryl methyl sites for hydroxylation is 2. The zero-order chi connectivity index (χ0) is 17.0. The van der Waals surface area contributed by atoms with Gasteiger partial charge in [-0.25, -0.2) is 4.98 Å². The molecule has 1 fully saturated rings. The molecule has 1 aliphatic carbocycles. The number of nitrogens with zero attached hydrogens (tertiary/aromatic N) is 3. The fourth-order valence-corrected chi connectivity index (χ4v) is 5.98. The van der Waals surface area contributed by atoms with Gasteiger partial charge in [-0.15, -0.1) is 0 Å². The SMILES string of the molecule is CN(c1nc2c(Br)c(Br)c(Br)c3c2n1CCC3)[C@@H]1CCCC[C@H]1N. The number of halogens is 3. The van der Waals surface area contributed by atoms with Crippen LogP contribution in [0.3, 0.4) is 0 Å². The molecule has 0 unspecified atom stereocenters. The molecule has 0 amide bonds. The topological polar surface area (TPSA) is 47.1 Å². The van der Waals surface area contributed by atoms with Gasteiger partial charge in [0.1, 0.15) is 5.52 Å². The molecule has 1 aromatic heterocycles. The number of likely N-dealkylation sites (N-methyl/N-ethyl adjacent to an activating group) is 1. The highest BCUT2D eigenvalue weighted by atomic mass is 79.9. The summed E-state index contributed by atoms with van der Waals surface area (Å²) in [5.74, 6) is 1.05. The minimum atomic E-state index is 0.237. The van der Waals surface area contributed by atoms with Gasteiger partial charge in [-0.2, -0.15) is 0 Å². The van der Waals surface area contributed by atoms with E-state index in [9.17, 15) is 0 Å². The Morgan fingerprint density at radius 1 is 1.08 bits per heavy atom. The molecule has 7 heteroatoms. The van der Waals surface area contributed by atoms with Gasteiger partial charge in [0.15, 0.2) is 0 Å². The van der Waals surface area contributed by atoms with E-state index in [1.165, 1.54) is 23.9 Å². The van der Waals surface area contributed by atoms with Gasteiger partial charge in [0.2, 0.25) is 5.95 Å². The Kier molecular flexibility index (Phi) is 4.73. The number of imidazole rings is 1. The van der Waals surface area contributed by atoms with Crippen LogP contribution < -0.4 is 10.6 Å². The van der Waals surface area contributed by atoms with Gasteiger partial charge in [-0.05, 0) is 79.0 Å². The minimum Gasteiger partial charge on any atom is -0.341 e. The summed E-state index contributed by atoms with van der Waals surface area (Å²) in [6.45, 7) is 1.02. The van der Waals surface area contributed by atoms with E-state index in [4.69, 9.17) is 10.7 Å². The van der Waals surface area contributed by atoms with Gasteiger partial charge in [0.05, 0.1) is 9.99 Å². The highest BCUT2D eigenvalue weighted by Gasteiger charge is 2.31. The second-order valence-electron chi connectivity index (χ2n) is 6.91. The molecule has 24 heavy (non-hydrogen) atoms. The third-order valence-electron chi connectivity index (χ3n) is 5.49. The molecule has 0 radical (unpaired) electrons. The summed E-state index contributed by atoms with van der Waals surface area (Å²) in [5, 5.41) is 0. The van der Waals surface area contributed by atoms with E-state index >= 15 is 0 Å². The summed E-state index contributed by atoms with van der Waals surface area (Å²) in [4.78, 5) is 7.36. The first kappa shape index (κ1) is 17.3. The Bertz CT molecular complexity index is 801. The van der Waals surface area contributed by atoms with Crippen molar-refractivity contribution in [1.29, 1.82) is 0 Å². The molecule has 0 bridgehead atoms. The second kappa shape index (κ2) is 6.56. The van der Waals surface area contributed by atoms with Crippen LogP contribution in [0.25, 0.3) is 11.0 Å². The number of aromatic nitrogens is 2. The molecule has 0 spiro atoms. The number of nitrogens with two attached hydrogens (primary N) is 1. The zero-order valence-corrected chi connectivity index (χ0v) is 18.4. The first-order valence-electron chi connectivity index (χ1n) is 8.54. The lowest BCUT2D eigenvalue weighted by Gasteiger charge is -2.37. The molecule has 1 aliphatic heterocycles. The lowest BCUT2D eigenvalue weighted by atomic mass is 9.90. The van der Waals surface area contributed by atoms with Crippen molar-refractivity contribution < 1.29 is 0 Å². The fourth-order valence-electron chi connectivity index (χ4n) is 4.23. The van der Waals surface area contributed by atoms with Gasteiger partial charge in [-0.3, -0.25) is 0 Å². The third-order valence-corrected chi connectivity index (χ3v) is 9.00. The smallest absolute Gasteiger partial charge is 0.206 e. The van der Waals surface area contributed by atoms with Gasteiger partial charge in [0, 0.05) is 34.6 Å². The second-order valence-corrected chi connectivity index (χ2v) is 9.29. The van der Waals surface area contributed by atoms with Gasteiger partial charge in [-0.1, -0.05) is 12.8 Å². The predicted molar refractivity (Wildman–Crippen MR) is 110 cm³/mol. The van der Waals surface area contributed by atoms with Crippen molar-refractivity contribution in [2.75, 3.05) is 11.9 Å². The van der Waals surface area contributed by atoms with Crippen LogP contribution >= 0.6 is 47.8 Å². The first-order valence-corrected chi connectivity index (χ1v) is 10.9. The Morgan fingerprint density at radius 3 is 2.58 bits per heavy atom. The Balaban J connectivity index is 1.88. The average molecular weight is 521 g/mol. The Labute approximate surface area is 167 Å². The zero-order valence-electron chi connectivity index (χ0n) is 13.7. The lowest BCUT2D eigenvalue weighted by molar-refractivity contribution is 0.368. The molecule has 130 valence electrons. The molecular weight excluding hydrogens is 500 g/mol. The maximum Gasteiger partial charge on any atom is 0.206 e. The van der Waals surface area contributed by atoms with Crippen LogP contribution in [-0.4, -0.2) is 28.7 Å². The van der Waals surface area contributed by atoms with Crippen molar-refractivity contribution in [1.82, 2.24) is 9.55 Å². The molecular formula is C17H21Br3N4. The van der Waals surface area contributed by atoms with Crippen molar-refractivity contribution in [2.24, 2.45) is 5.73 Å². The molecule has 2 heterocycles. The summed E-state index contributed by atoms with van der Waals surface area (Å²) < 4.78 is 5.61. The highest BCUT2D eigenvalue weighted by Crippen LogP contribution is 2.44. The number of benzene rings is 1. The molecule has 1 aromatic carbocycles. The molecule has 2 atom stereocenters. The standard InChI is InChI=1S/C17H21Br3N4/c1-23(11-7-3-2-6-10(11)21)17-22-15-14(20)13(19)12(18)9-5-4-8-24(17)16(9)15/h10-11H,2-8,21H2,1H3/t10-,11-/m1/s1. The van der Waals surface area contributed by atoms with E-state index in [-0.39, 0.29) is 6.04 Å². The Morgan fingerprint density at radius 2 is 1.83 bits per heavy atom. The summed E-state index contributed by atoms with van der Waals surface area (Å²) >= 11 is 11.2. The van der Waals surface area contributed by atoms with E-state index in [1.54, 1.807) is 0 Å². The quantitative estimate of drug-likeness (QED) is 0.568. The van der Waals surface area contributed by atoms with Crippen molar-refractivity contribution in [3.8, 4) is 0 Å². The van der Waals surface area contributed by atoms with E-state index in [2.05, 4.69) is 64.3 Å². The lowest BCUT2D eigenvalue weighted by Crippen LogP contribution is -2.49. The normalized spacial score (nSPS) is 23.7. The predicted octanol–water partition coefficient (Wildman–Crippen LogP) is 4.98. The van der Waals surface area contributed by atoms with Crippen LogP contribution in [0.15, 0.2) is 13.4 Å². The molecule has 4 nitrogen and oxygen atoms in total. The van der Waals surface area contributed by atoms with E-state index in [0.717, 1.165) is 57.1 Å². The molecule has 2 aromatic rings. The highest BCUT2D eigenvalue weighted by molar-refractivity contribution is 9.14. The van der Waals surface area contributed by atoms with Gasteiger partial charge in [0.25, 0.3) is 0 Å². The molecule has 4 rings (SSSR count). The van der Waals surface area contributed by atoms with Crippen molar-refractivity contribution in [3.05, 3.63) is 19.0 Å². The van der Waals surface area contributed by atoms with Crippen molar-refractivity contribution >= 4 is 64.8 Å². The van der Waals surface area contributed by atoms with Gasteiger partial charge < -0.3 is 15.2 Å².